The molecule has 0 aliphatic heterocycles. The first-order chi connectivity index (χ1) is 12.3. The first-order valence-corrected chi connectivity index (χ1v) is 13.6. The molecule has 1 rings (SSSR count). The number of unbranched alkanes of at least 4 members (excludes halogenated alkanes) is 7. The molecule has 0 aromatic heterocycles. The van der Waals surface area contributed by atoms with Crippen LogP contribution in [0.3, 0.4) is 0 Å². The lowest BCUT2D eigenvalue weighted by Gasteiger charge is -2.24. The molecule has 158 valence electrons. The molecule has 0 aliphatic carbocycles. The zero-order chi connectivity index (χ0) is 19.5. The fourth-order valence-electron chi connectivity index (χ4n) is 3.46. The number of benzene rings is 1. The Labute approximate surface area is 174 Å². The molecule has 1 aromatic carbocycles. The van der Waals surface area contributed by atoms with Crippen LogP contribution < -0.4 is 10.9 Å². The average molecular weight is 416 g/mol. The molecule has 0 amide bonds. The minimum absolute atomic E-state index is 0. The highest BCUT2D eigenvalue weighted by atomic mass is 35.5. The van der Waals surface area contributed by atoms with E-state index in [-0.39, 0.29) is 25.6 Å². The van der Waals surface area contributed by atoms with E-state index in [9.17, 15) is 0 Å². The Morgan fingerprint density at radius 3 is 1.74 bits per heavy atom. The zero-order valence-corrected chi connectivity index (χ0v) is 19.5. The second kappa shape index (κ2) is 13.7. The summed E-state index contributed by atoms with van der Waals surface area (Å²) in [6, 6.07) is 10.6. The Morgan fingerprint density at radius 2 is 1.26 bits per heavy atom. The number of hydrogen-bond acceptors (Lipinski definition) is 3. The summed E-state index contributed by atoms with van der Waals surface area (Å²) in [4.78, 5) is 0. The molecule has 0 aliphatic rings. The highest BCUT2D eigenvalue weighted by molar-refractivity contribution is 6.89. The fourth-order valence-corrected chi connectivity index (χ4v) is 5.95. The van der Waals surface area contributed by atoms with Crippen LogP contribution in [0.2, 0.25) is 19.1 Å². The van der Waals surface area contributed by atoms with E-state index in [0.717, 1.165) is 12.8 Å². The minimum Gasteiger partial charge on any atom is -0.394 e. The van der Waals surface area contributed by atoms with Crippen molar-refractivity contribution in [1.29, 1.82) is 0 Å². The Morgan fingerprint density at radius 1 is 0.815 bits per heavy atom. The van der Waals surface area contributed by atoms with Crippen molar-refractivity contribution >= 4 is 25.7 Å². The Balaban J connectivity index is 0.00000676. The molecule has 0 unspecified atom stereocenters. The van der Waals surface area contributed by atoms with Gasteiger partial charge in [0.2, 0.25) is 0 Å². The van der Waals surface area contributed by atoms with Crippen molar-refractivity contribution in [3.63, 3.8) is 0 Å². The zero-order valence-electron chi connectivity index (χ0n) is 17.7. The second-order valence-corrected chi connectivity index (χ2v) is 13.6. The maximum atomic E-state index is 9.17. The van der Waals surface area contributed by atoms with Crippen LogP contribution in [0.4, 0.5) is 0 Å². The number of rotatable bonds is 14. The third-order valence-corrected chi connectivity index (χ3v) is 9.19. The van der Waals surface area contributed by atoms with Gasteiger partial charge >= 0.3 is 0 Å². The van der Waals surface area contributed by atoms with Gasteiger partial charge in [-0.2, -0.15) is 0 Å². The summed E-state index contributed by atoms with van der Waals surface area (Å²) in [5, 5.41) is 19.9. The Hall–Kier alpha value is -0.393. The number of aryl methyl sites for hydroxylation is 1. The quantitative estimate of drug-likeness (QED) is 0.309. The van der Waals surface area contributed by atoms with E-state index in [0.29, 0.717) is 6.42 Å². The topological polar surface area (TPSA) is 66.5 Å². The molecule has 4 N–H and O–H groups in total. The molecule has 0 heterocycles. The highest BCUT2D eigenvalue weighted by Gasteiger charge is 2.22. The van der Waals surface area contributed by atoms with E-state index in [1.54, 1.807) is 5.19 Å². The molecule has 0 bridgehead atoms. The van der Waals surface area contributed by atoms with E-state index in [2.05, 4.69) is 44.3 Å². The summed E-state index contributed by atoms with van der Waals surface area (Å²) in [6.07, 6.45) is 10.7. The fraction of sp³-hybridized carbons (Fsp3) is 0.727. The Bertz CT molecular complexity index is 490. The SMILES string of the molecule is Cc1ccc([Si](C)(C)CCCCCCCCCCC(N)(CO)CO)cc1.Cl. The predicted molar refractivity (Wildman–Crippen MR) is 123 cm³/mol. The van der Waals surface area contributed by atoms with Gasteiger partial charge < -0.3 is 15.9 Å². The van der Waals surface area contributed by atoms with Crippen molar-refractivity contribution in [3.8, 4) is 0 Å². The smallest absolute Gasteiger partial charge is 0.0806 e. The molecule has 0 saturated heterocycles. The van der Waals surface area contributed by atoms with E-state index < -0.39 is 13.6 Å². The number of aliphatic hydroxyl groups excluding tert-OH is 2. The van der Waals surface area contributed by atoms with E-state index in [4.69, 9.17) is 15.9 Å². The van der Waals surface area contributed by atoms with Crippen LogP contribution in [-0.4, -0.2) is 37.0 Å². The lowest BCUT2D eigenvalue weighted by atomic mass is 9.94. The predicted octanol–water partition coefficient (Wildman–Crippen LogP) is 4.53. The van der Waals surface area contributed by atoms with Gasteiger partial charge in [0.15, 0.2) is 0 Å². The third kappa shape index (κ3) is 10.6. The molecule has 3 nitrogen and oxygen atoms in total. The molecular formula is C22H42ClNO2Si. The third-order valence-electron chi connectivity index (χ3n) is 5.69. The number of hydrogen-bond donors (Lipinski definition) is 3. The summed E-state index contributed by atoms with van der Waals surface area (Å²) in [5.41, 5.74) is 6.45. The van der Waals surface area contributed by atoms with Gasteiger partial charge in [-0.25, -0.2) is 0 Å². The van der Waals surface area contributed by atoms with Gasteiger partial charge in [-0.3, -0.25) is 0 Å². The van der Waals surface area contributed by atoms with E-state index in [1.807, 2.05) is 0 Å². The molecule has 0 radical (unpaired) electrons. The van der Waals surface area contributed by atoms with Crippen LogP contribution in [0.15, 0.2) is 24.3 Å². The van der Waals surface area contributed by atoms with Gasteiger partial charge in [0.05, 0.1) is 26.8 Å². The normalized spacial score (nSPS) is 12.1. The van der Waals surface area contributed by atoms with Crippen LogP contribution in [0, 0.1) is 6.92 Å². The summed E-state index contributed by atoms with van der Waals surface area (Å²) in [5.74, 6) is 0. The maximum Gasteiger partial charge on any atom is 0.0806 e. The average Bonchev–Trinajstić information content (AvgIpc) is 2.63. The van der Waals surface area contributed by atoms with Crippen molar-refractivity contribution in [3.05, 3.63) is 29.8 Å². The largest absolute Gasteiger partial charge is 0.394 e. The van der Waals surface area contributed by atoms with Gasteiger partial charge in [-0.05, 0) is 13.3 Å². The first-order valence-electron chi connectivity index (χ1n) is 10.4. The van der Waals surface area contributed by atoms with Crippen molar-refractivity contribution in [2.24, 2.45) is 5.73 Å². The molecule has 0 fully saturated rings. The van der Waals surface area contributed by atoms with Crippen LogP contribution in [0.5, 0.6) is 0 Å². The minimum atomic E-state index is -1.27. The monoisotopic (exact) mass is 415 g/mol. The number of halogens is 1. The summed E-state index contributed by atoms with van der Waals surface area (Å²) in [6.45, 7) is 6.88. The maximum absolute atomic E-state index is 9.17. The number of nitrogens with two attached hydrogens (primary N) is 1. The summed E-state index contributed by atoms with van der Waals surface area (Å²) >= 11 is 0. The van der Waals surface area contributed by atoms with Gasteiger partial charge in [-0.15, -0.1) is 12.4 Å². The summed E-state index contributed by atoms with van der Waals surface area (Å²) in [7, 11) is -1.27. The van der Waals surface area contributed by atoms with Crippen molar-refractivity contribution in [2.45, 2.75) is 89.4 Å². The Kier molecular flexibility index (Phi) is 13.5. The molecule has 5 heteroatoms. The standard InChI is InChI=1S/C22H41NO2Si.ClH/c1-20-12-14-21(15-13-20)26(2,3)17-11-9-7-5-4-6-8-10-16-22(23,18-24)19-25;/h12-15,24-25H,4-11,16-19,23H2,1-3H3;1H. The molecular weight excluding hydrogens is 374 g/mol. The lowest BCUT2D eigenvalue weighted by Crippen LogP contribution is -2.47. The molecule has 1 aromatic rings. The van der Waals surface area contributed by atoms with Gasteiger partial charge in [0, 0.05) is 0 Å². The molecule has 0 spiro atoms. The number of aliphatic hydroxyl groups is 2. The molecule has 0 saturated carbocycles. The van der Waals surface area contributed by atoms with Gasteiger partial charge in [-0.1, -0.05) is 106 Å². The molecule has 0 atom stereocenters. The second-order valence-electron chi connectivity index (χ2n) is 8.76. The van der Waals surface area contributed by atoms with Crippen molar-refractivity contribution in [1.82, 2.24) is 0 Å². The van der Waals surface area contributed by atoms with Crippen LogP contribution in [-0.2, 0) is 0 Å². The van der Waals surface area contributed by atoms with E-state index >= 15 is 0 Å². The lowest BCUT2D eigenvalue weighted by molar-refractivity contribution is 0.112. The van der Waals surface area contributed by atoms with Gasteiger partial charge in [0.25, 0.3) is 0 Å². The molecule has 27 heavy (non-hydrogen) atoms. The highest BCUT2D eigenvalue weighted by Crippen LogP contribution is 2.18. The van der Waals surface area contributed by atoms with Crippen LogP contribution in [0.1, 0.15) is 63.4 Å². The van der Waals surface area contributed by atoms with Crippen LogP contribution >= 0.6 is 12.4 Å². The van der Waals surface area contributed by atoms with Crippen molar-refractivity contribution < 1.29 is 10.2 Å². The summed E-state index contributed by atoms with van der Waals surface area (Å²) < 4.78 is 0. The van der Waals surface area contributed by atoms with E-state index in [1.165, 1.54) is 50.1 Å². The van der Waals surface area contributed by atoms with Gasteiger partial charge in [0.1, 0.15) is 0 Å². The van der Waals surface area contributed by atoms with Crippen molar-refractivity contribution in [2.75, 3.05) is 13.2 Å². The van der Waals surface area contributed by atoms with Crippen LogP contribution in [0.25, 0.3) is 0 Å². The first kappa shape index (κ1) is 26.6.